The molecule has 0 atom stereocenters. The Morgan fingerprint density at radius 2 is 2.00 bits per heavy atom. The van der Waals surface area contributed by atoms with Crippen molar-refractivity contribution in [2.24, 2.45) is 7.05 Å². The zero-order valence-electron chi connectivity index (χ0n) is 12.9. The van der Waals surface area contributed by atoms with E-state index in [1.54, 1.807) is 17.9 Å². The lowest BCUT2D eigenvalue weighted by Crippen LogP contribution is -2.19. The lowest BCUT2D eigenvalue weighted by molar-refractivity contribution is 0.102. The summed E-state index contributed by atoms with van der Waals surface area (Å²) in [6.45, 7) is 0.583. The standard InChI is InChI=1S/C17H15ClN4O2/c1-21-11-14(7-15(18)17(21)24)20-16(23)13-8-19-22(10-13)9-12-5-3-2-4-6-12/h2-8,10-11H,9H2,1H3,(H,20,23). The van der Waals surface area contributed by atoms with Crippen molar-refractivity contribution in [3.05, 3.63) is 81.5 Å². The minimum absolute atomic E-state index is 0.0510. The number of hydrogen-bond donors (Lipinski definition) is 1. The maximum absolute atomic E-state index is 12.3. The number of aromatic nitrogens is 3. The monoisotopic (exact) mass is 342 g/mol. The molecular weight excluding hydrogens is 328 g/mol. The molecule has 0 aliphatic heterocycles. The molecular formula is C17H15ClN4O2. The Kier molecular flexibility index (Phi) is 4.48. The normalized spacial score (nSPS) is 10.6. The topological polar surface area (TPSA) is 68.9 Å². The molecule has 122 valence electrons. The van der Waals surface area contributed by atoms with Crippen LogP contribution >= 0.6 is 11.6 Å². The number of rotatable bonds is 4. The molecule has 0 bridgehead atoms. The van der Waals surface area contributed by atoms with Crippen LogP contribution in [0.3, 0.4) is 0 Å². The van der Waals surface area contributed by atoms with E-state index < -0.39 is 0 Å². The highest BCUT2D eigenvalue weighted by atomic mass is 35.5. The molecule has 1 aromatic carbocycles. The average Bonchev–Trinajstić information content (AvgIpc) is 3.02. The van der Waals surface area contributed by atoms with Crippen LogP contribution in [-0.4, -0.2) is 20.3 Å². The maximum atomic E-state index is 12.3. The molecule has 3 rings (SSSR count). The Hall–Kier alpha value is -2.86. The first-order chi connectivity index (χ1) is 11.5. The van der Waals surface area contributed by atoms with Gasteiger partial charge in [0.1, 0.15) is 5.02 Å². The van der Waals surface area contributed by atoms with Crippen LogP contribution in [-0.2, 0) is 13.6 Å². The third-order valence-corrected chi connectivity index (χ3v) is 3.75. The highest BCUT2D eigenvalue weighted by molar-refractivity contribution is 6.30. The highest BCUT2D eigenvalue weighted by Crippen LogP contribution is 2.12. The smallest absolute Gasteiger partial charge is 0.269 e. The first-order valence-electron chi connectivity index (χ1n) is 7.27. The van der Waals surface area contributed by atoms with Gasteiger partial charge in [-0.2, -0.15) is 5.10 Å². The molecule has 1 N–H and O–H groups in total. The minimum atomic E-state index is -0.316. The van der Waals surface area contributed by atoms with Crippen molar-refractivity contribution in [1.82, 2.24) is 14.3 Å². The van der Waals surface area contributed by atoms with Gasteiger partial charge in [0.05, 0.1) is 24.0 Å². The van der Waals surface area contributed by atoms with Gasteiger partial charge in [-0.15, -0.1) is 0 Å². The molecule has 2 heterocycles. The number of hydrogen-bond acceptors (Lipinski definition) is 3. The van der Waals surface area contributed by atoms with Crippen LogP contribution in [0.25, 0.3) is 0 Å². The van der Waals surface area contributed by atoms with Gasteiger partial charge in [0.15, 0.2) is 0 Å². The van der Waals surface area contributed by atoms with E-state index >= 15 is 0 Å². The molecule has 7 heteroatoms. The summed E-state index contributed by atoms with van der Waals surface area (Å²) in [5, 5.41) is 6.96. The van der Waals surface area contributed by atoms with E-state index in [4.69, 9.17) is 11.6 Å². The van der Waals surface area contributed by atoms with Gasteiger partial charge < -0.3 is 9.88 Å². The first kappa shape index (κ1) is 16.0. The molecule has 0 saturated carbocycles. The van der Waals surface area contributed by atoms with Crippen molar-refractivity contribution in [1.29, 1.82) is 0 Å². The molecule has 0 radical (unpaired) electrons. The van der Waals surface area contributed by atoms with Crippen LogP contribution in [0.15, 0.2) is 59.8 Å². The number of anilines is 1. The Morgan fingerprint density at radius 3 is 2.71 bits per heavy atom. The van der Waals surface area contributed by atoms with Crippen LogP contribution in [0.2, 0.25) is 5.02 Å². The summed E-state index contributed by atoms with van der Waals surface area (Å²) in [6, 6.07) is 11.3. The van der Waals surface area contributed by atoms with Gasteiger partial charge in [0, 0.05) is 19.4 Å². The minimum Gasteiger partial charge on any atom is -0.321 e. The Bertz CT molecular complexity index is 905. The van der Waals surface area contributed by atoms with E-state index in [-0.39, 0.29) is 16.5 Å². The van der Waals surface area contributed by atoms with Gasteiger partial charge in [-0.25, -0.2) is 0 Å². The predicted molar refractivity (Wildman–Crippen MR) is 92.4 cm³/mol. The van der Waals surface area contributed by atoms with E-state index in [9.17, 15) is 9.59 Å². The van der Waals surface area contributed by atoms with Gasteiger partial charge in [-0.05, 0) is 11.6 Å². The Balaban J connectivity index is 1.73. The second-order valence-corrected chi connectivity index (χ2v) is 5.77. The Labute approximate surface area is 143 Å². The van der Waals surface area contributed by atoms with E-state index in [0.29, 0.717) is 17.8 Å². The molecule has 24 heavy (non-hydrogen) atoms. The number of carbonyl (C=O) groups excluding carboxylic acids is 1. The molecule has 0 aliphatic rings. The largest absolute Gasteiger partial charge is 0.321 e. The van der Waals surface area contributed by atoms with E-state index in [1.165, 1.54) is 23.0 Å². The van der Waals surface area contributed by atoms with Gasteiger partial charge in [-0.1, -0.05) is 41.9 Å². The number of nitrogens with one attached hydrogen (secondary N) is 1. The third kappa shape index (κ3) is 3.55. The quantitative estimate of drug-likeness (QED) is 0.792. The first-order valence-corrected chi connectivity index (χ1v) is 7.64. The number of amides is 1. The van der Waals surface area contributed by atoms with Crippen LogP contribution < -0.4 is 10.9 Å². The fraction of sp³-hybridized carbons (Fsp3) is 0.118. The van der Waals surface area contributed by atoms with Crippen molar-refractivity contribution >= 4 is 23.2 Å². The lowest BCUT2D eigenvalue weighted by Gasteiger charge is -2.06. The second kappa shape index (κ2) is 6.72. The predicted octanol–water partition coefficient (Wildman–Crippen LogP) is 2.54. The summed E-state index contributed by atoms with van der Waals surface area (Å²) >= 11 is 5.84. The number of nitrogens with zero attached hydrogens (tertiary/aromatic N) is 3. The lowest BCUT2D eigenvalue weighted by atomic mass is 10.2. The van der Waals surface area contributed by atoms with E-state index in [0.717, 1.165) is 5.56 Å². The van der Waals surface area contributed by atoms with Crippen LogP contribution in [0, 0.1) is 0 Å². The van der Waals surface area contributed by atoms with Crippen molar-refractivity contribution in [2.75, 3.05) is 5.32 Å². The molecule has 0 saturated heterocycles. The molecule has 0 aliphatic carbocycles. The summed E-state index contributed by atoms with van der Waals surface area (Å²) in [5.41, 5.74) is 1.65. The molecule has 6 nitrogen and oxygen atoms in total. The number of benzene rings is 1. The average molecular weight is 343 g/mol. The fourth-order valence-electron chi connectivity index (χ4n) is 2.28. The summed E-state index contributed by atoms with van der Waals surface area (Å²) in [4.78, 5) is 23.9. The van der Waals surface area contributed by atoms with Crippen LogP contribution in [0.5, 0.6) is 0 Å². The van der Waals surface area contributed by atoms with Crippen molar-refractivity contribution in [2.45, 2.75) is 6.54 Å². The number of halogens is 1. The van der Waals surface area contributed by atoms with E-state index in [1.807, 2.05) is 30.3 Å². The van der Waals surface area contributed by atoms with Gasteiger partial charge in [0.25, 0.3) is 11.5 Å². The zero-order chi connectivity index (χ0) is 17.1. The molecule has 2 aromatic heterocycles. The molecule has 0 spiro atoms. The van der Waals surface area contributed by atoms with Gasteiger partial charge in [-0.3, -0.25) is 14.3 Å². The van der Waals surface area contributed by atoms with E-state index in [2.05, 4.69) is 10.4 Å². The zero-order valence-corrected chi connectivity index (χ0v) is 13.7. The number of pyridine rings is 1. The number of aryl methyl sites for hydroxylation is 1. The SMILES string of the molecule is Cn1cc(NC(=O)c2cnn(Cc3ccccc3)c2)cc(Cl)c1=O. The van der Waals surface area contributed by atoms with Gasteiger partial charge >= 0.3 is 0 Å². The summed E-state index contributed by atoms with van der Waals surface area (Å²) < 4.78 is 3.01. The summed E-state index contributed by atoms with van der Waals surface area (Å²) in [6.07, 6.45) is 4.69. The second-order valence-electron chi connectivity index (χ2n) is 5.36. The molecule has 3 aromatic rings. The third-order valence-electron chi connectivity index (χ3n) is 3.48. The molecule has 0 fully saturated rings. The van der Waals surface area contributed by atoms with Gasteiger partial charge in [0.2, 0.25) is 0 Å². The fourth-order valence-corrected chi connectivity index (χ4v) is 2.53. The van der Waals surface area contributed by atoms with Crippen molar-refractivity contribution in [3.63, 3.8) is 0 Å². The summed E-state index contributed by atoms with van der Waals surface area (Å²) in [7, 11) is 1.57. The maximum Gasteiger partial charge on any atom is 0.269 e. The number of carbonyl (C=O) groups is 1. The summed E-state index contributed by atoms with van der Waals surface area (Å²) in [5.74, 6) is -0.316. The highest BCUT2D eigenvalue weighted by Gasteiger charge is 2.11. The Morgan fingerprint density at radius 1 is 1.25 bits per heavy atom. The van der Waals surface area contributed by atoms with Crippen LogP contribution in [0.4, 0.5) is 5.69 Å². The van der Waals surface area contributed by atoms with Crippen molar-refractivity contribution in [3.8, 4) is 0 Å². The molecule has 0 unspecified atom stereocenters. The molecule has 1 amide bonds. The van der Waals surface area contributed by atoms with Crippen LogP contribution in [0.1, 0.15) is 15.9 Å². The van der Waals surface area contributed by atoms with Crippen molar-refractivity contribution < 1.29 is 4.79 Å².